The Balaban J connectivity index is 2.66. The summed E-state index contributed by atoms with van der Waals surface area (Å²) >= 11 is 0. The standard InChI is InChI=1S/C9H17NO3/c1-9(2)5-13-4-6(9)7(10)8(11)12-3/h6-7H,4-5,10H2,1-3H3. The second kappa shape index (κ2) is 3.64. The molecule has 0 saturated carbocycles. The summed E-state index contributed by atoms with van der Waals surface area (Å²) in [6.45, 7) is 5.30. The number of hydrogen-bond donors (Lipinski definition) is 1. The van der Waals surface area contributed by atoms with Gasteiger partial charge in [0.2, 0.25) is 0 Å². The predicted molar refractivity (Wildman–Crippen MR) is 48.1 cm³/mol. The highest BCUT2D eigenvalue weighted by Crippen LogP contribution is 2.35. The molecule has 4 nitrogen and oxygen atoms in total. The van der Waals surface area contributed by atoms with Crippen molar-refractivity contribution in [1.82, 2.24) is 0 Å². The predicted octanol–water partition coefficient (Wildman–Crippen LogP) is 0.159. The van der Waals surface area contributed by atoms with Gasteiger partial charge in [-0.25, -0.2) is 0 Å². The molecule has 1 heterocycles. The zero-order valence-electron chi connectivity index (χ0n) is 8.37. The second-order valence-corrected chi connectivity index (χ2v) is 4.16. The summed E-state index contributed by atoms with van der Waals surface area (Å²) < 4.78 is 9.90. The summed E-state index contributed by atoms with van der Waals surface area (Å²) in [5.74, 6) is -0.302. The lowest BCUT2D eigenvalue weighted by Crippen LogP contribution is -2.45. The summed E-state index contributed by atoms with van der Waals surface area (Å²) in [5, 5.41) is 0. The largest absolute Gasteiger partial charge is 0.468 e. The van der Waals surface area contributed by atoms with Crippen molar-refractivity contribution in [2.45, 2.75) is 19.9 Å². The number of carbonyl (C=O) groups excluding carboxylic acids is 1. The first-order chi connectivity index (χ1) is 5.99. The van der Waals surface area contributed by atoms with E-state index in [1.165, 1.54) is 7.11 Å². The van der Waals surface area contributed by atoms with Gasteiger partial charge in [-0.3, -0.25) is 4.79 Å². The van der Waals surface area contributed by atoms with E-state index in [-0.39, 0.29) is 17.3 Å². The minimum absolute atomic E-state index is 0.0341. The third kappa shape index (κ3) is 2.00. The number of nitrogens with two attached hydrogens (primary N) is 1. The fraction of sp³-hybridized carbons (Fsp3) is 0.889. The molecule has 1 rings (SSSR count). The fourth-order valence-corrected chi connectivity index (χ4v) is 1.67. The molecular weight excluding hydrogens is 170 g/mol. The Morgan fingerprint density at radius 2 is 2.31 bits per heavy atom. The minimum Gasteiger partial charge on any atom is -0.468 e. The minimum atomic E-state index is -0.567. The van der Waals surface area contributed by atoms with Gasteiger partial charge in [0.15, 0.2) is 0 Å². The van der Waals surface area contributed by atoms with Crippen molar-refractivity contribution in [2.75, 3.05) is 20.3 Å². The molecular formula is C9H17NO3. The Bertz CT molecular complexity index is 203. The Morgan fingerprint density at radius 3 is 2.69 bits per heavy atom. The van der Waals surface area contributed by atoms with Crippen LogP contribution in [0.4, 0.5) is 0 Å². The molecule has 2 atom stereocenters. The lowest BCUT2D eigenvalue weighted by molar-refractivity contribution is -0.144. The van der Waals surface area contributed by atoms with Gasteiger partial charge in [0.05, 0.1) is 20.3 Å². The smallest absolute Gasteiger partial charge is 0.323 e. The molecule has 0 aromatic rings. The van der Waals surface area contributed by atoms with E-state index in [9.17, 15) is 4.79 Å². The van der Waals surface area contributed by atoms with Gasteiger partial charge in [0.1, 0.15) is 6.04 Å². The first kappa shape index (κ1) is 10.5. The van der Waals surface area contributed by atoms with Gasteiger partial charge in [-0.05, 0) is 5.41 Å². The maximum absolute atomic E-state index is 11.2. The SMILES string of the molecule is COC(=O)C(N)C1COCC1(C)C. The fourth-order valence-electron chi connectivity index (χ4n) is 1.67. The summed E-state index contributed by atoms with van der Waals surface area (Å²) in [5.41, 5.74) is 5.72. The molecule has 1 aliphatic heterocycles. The average Bonchev–Trinajstić information content (AvgIpc) is 2.42. The van der Waals surface area contributed by atoms with Gasteiger partial charge < -0.3 is 15.2 Å². The zero-order chi connectivity index (χ0) is 10.1. The van der Waals surface area contributed by atoms with Crippen LogP contribution in [0.15, 0.2) is 0 Å². The van der Waals surface area contributed by atoms with Crippen molar-refractivity contribution in [2.24, 2.45) is 17.1 Å². The molecule has 1 fully saturated rings. The number of methoxy groups -OCH3 is 1. The van der Waals surface area contributed by atoms with Crippen LogP contribution in [0.5, 0.6) is 0 Å². The molecule has 0 aliphatic carbocycles. The van der Waals surface area contributed by atoms with Crippen LogP contribution in [0.2, 0.25) is 0 Å². The van der Waals surface area contributed by atoms with E-state index >= 15 is 0 Å². The van der Waals surface area contributed by atoms with Crippen LogP contribution in [-0.2, 0) is 14.3 Å². The average molecular weight is 187 g/mol. The highest BCUT2D eigenvalue weighted by atomic mass is 16.5. The van der Waals surface area contributed by atoms with Crippen molar-refractivity contribution in [3.05, 3.63) is 0 Å². The molecule has 1 aliphatic rings. The third-order valence-corrected chi connectivity index (χ3v) is 2.68. The molecule has 0 amide bonds. The van der Waals surface area contributed by atoms with Crippen molar-refractivity contribution >= 4 is 5.97 Å². The highest BCUT2D eigenvalue weighted by molar-refractivity contribution is 5.75. The number of rotatable bonds is 2. The van der Waals surface area contributed by atoms with E-state index in [1.54, 1.807) is 0 Å². The van der Waals surface area contributed by atoms with E-state index in [1.807, 2.05) is 13.8 Å². The highest BCUT2D eigenvalue weighted by Gasteiger charge is 2.42. The van der Waals surface area contributed by atoms with Gasteiger partial charge in [0.25, 0.3) is 0 Å². The number of ether oxygens (including phenoxy) is 2. The molecule has 76 valence electrons. The van der Waals surface area contributed by atoms with Crippen molar-refractivity contribution in [3.63, 3.8) is 0 Å². The topological polar surface area (TPSA) is 61.5 Å². The molecule has 0 spiro atoms. The van der Waals surface area contributed by atoms with Gasteiger partial charge in [0, 0.05) is 5.92 Å². The van der Waals surface area contributed by atoms with Crippen LogP contribution in [0, 0.1) is 11.3 Å². The Labute approximate surface area is 78.4 Å². The monoisotopic (exact) mass is 187 g/mol. The molecule has 4 heteroatoms. The first-order valence-corrected chi connectivity index (χ1v) is 4.40. The van der Waals surface area contributed by atoms with E-state index in [4.69, 9.17) is 10.5 Å². The van der Waals surface area contributed by atoms with Crippen molar-refractivity contribution < 1.29 is 14.3 Å². The van der Waals surface area contributed by atoms with Crippen molar-refractivity contribution in [3.8, 4) is 0 Å². The van der Waals surface area contributed by atoms with E-state index in [2.05, 4.69) is 4.74 Å². The van der Waals surface area contributed by atoms with Gasteiger partial charge in [-0.15, -0.1) is 0 Å². The van der Waals surface area contributed by atoms with Crippen LogP contribution in [0.3, 0.4) is 0 Å². The van der Waals surface area contributed by atoms with E-state index < -0.39 is 6.04 Å². The molecule has 13 heavy (non-hydrogen) atoms. The second-order valence-electron chi connectivity index (χ2n) is 4.16. The van der Waals surface area contributed by atoms with E-state index in [0.29, 0.717) is 13.2 Å². The van der Waals surface area contributed by atoms with Crippen molar-refractivity contribution in [1.29, 1.82) is 0 Å². The molecule has 2 N–H and O–H groups in total. The number of esters is 1. The van der Waals surface area contributed by atoms with Crippen LogP contribution >= 0.6 is 0 Å². The van der Waals surface area contributed by atoms with Gasteiger partial charge in [-0.1, -0.05) is 13.8 Å². The number of carbonyl (C=O) groups is 1. The molecule has 0 bridgehead atoms. The maximum atomic E-state index is 11.2. The Kier molecular flexibility index (Phi) is 2.93. The quantitative estimate of drug-likeness (QED) is 0.625. The normalized spacial score (nSPS) is 28.5. The Morgan fingerprint density at radius 1 is 1.69 bits per heavy atom. The first-order valence-electron chi connectivity index (χ1n) is 4.40. The van der Waals surface area contributed by atoms with Crippen LogP contribution in [0.1, 0.15) is 13.8 Å². The molecule has 2 unspecified atom stereocenters. The zero-order valence-corrected chi connectivity index (χ0v) is 8.37. The summed E-state index contributed by atoms with van der Waals surface area (Å²) in [4.78, 5) is 11.2. The summed E-state index contributed by atoms with van der Waals surface area (Å²) in [6.07, 6.45) is 0. The summed E-state index contributed by atoms with van der Waals surface area (Å²) in [7, 11) is 1.35. The van der Waals surface area contributed by atoms with Crippen LogP contribution < -0.4 is 5.73 Å². The van der Waals surface area contributed by atoms with Crippen LogP contribution in [0.25, 0.3) is 0 Å². The number of hydrogen-bond acceptors (Lipinski definition) is 4. The maximum Gasteiger partial charge on any atom is 0.323 e. The van der Waals surface area contributed by atoms with Gasteiger partial charge in [-0.2, -0.15) is 0 Å². The van der Waals surface area contributed by atoms with Gasteiger partial charge >= 0.3 is 5.97 Å². The Hall–Kier alpha value is -0.610. The van der Waals surface area contributed by atoms with Crippen LogP contribution in [-0.4, -0.2) is 32.3 Å². The third-order valence-electron chi connectivity index (χ3n) is 2.68. The molecule has 0 aromatic carbocycles. The summed E-state index contributed by atoms with van der Waals surface area (Å²) in [6, 6.07) is -0.567. The molecule has 0 aromatic heterocycles. The molecule has 1 saturated heterocycles. The lowest BCUT2D eigenvalue weighted by Gasteiger charge is -2.27. The lowest BCUT2D eigenvalue weighted by atomic mass is 9.78. The molecule has 0 radical (unpaired) electrons. The van der Waals surface area contributed by atoms with E-state index in [0.717, 1.165) is 0 Å².